The van der Waals surface area contributed by atoms with E-state index in [1.807, 2.05) is 24.3 Å². The Labute approximate surface area is 119 Å². The minimum Gasteiger partial charge on any atom is -0.493 e. The summed E-state index contributed by atoms with van der Waals surface area (Å²) in [7, 11) is 3.01. The molecule has 0 amide bonds. The molecule has 1 aliphatic heterocycles. The number of rotatable bonds is 5. The Morgan fingerprint density at radius 2 is 2.05 bits per heavy atom. The summed E-state index contributed by atoms with van der Waals surface area (Å²) in [5, 5.41) is 11.0. The van der Waals surface area contributed by atoms with E-state index in [9.17, 15) is 5.11 Å². The lowest BCUT2D eigenvalue weighted by atomic mass is 9.67. The van der Waals surface area contributed by atoms with E-state index in [-0.39, 0.29) is 6.54 Å². The van der Waals surface area contributed by atoms with Crippen molar-refractivity contribution >= 4 is 0 Å². The molecule has 1 aliphatic rings. The Morgan fingerprint density at radius 3 is 2.65 bits per heavy atom. The van der Waals surface area contributed by atoms with Gasteiger partial charge in [0.1, 0.15) is 11.4 Å². The molecule has 20 heavy (non-hydrogen) atoms. The van der Waals surface area contributed by atoms with Gasteiger partial charge < -0.3 is 25.1 Å². The second-order valence-corrected chi connectivity index (χ2v) is 5.51. The van der Waals surface area contributed by atoms with Crippen molar-refractivity contribution in [1.29, 1.82) is 0 Å². The van der Waals surface area contributed by atoms with Crippen LogP contribution in [-0.2, 0) is 15.9 Å². The van der Waals surface area contributed by atoms with Crippen molar-refractivity contribution in [2.75, 3.05) is 27.4 Å². The lowest BCUT2D eigenvalue weighted by molar-refractivity contribution is -0.256. The Kier molecular flexibility index (Phi) is 4.34. The van der Waals surface area contributed by atoms with Crippen LogP contribution in [0.4, 0.5) is 0 Å². The number of hydrogen-bond donors (Lipinski definition) is 2. The van der Waals surface area contributed by atoms with Crippen LogP contribution in [0, 0.1) is 5.41 Å². The highest BCUT2D eigenvalue weighted by Gasteiger charge is 2.54. The number of fused-ring (bicyclic) bond motifs is 1. The van der Waals surface area contributed by atoms with Gasteiger partial charge in [-0.15, -0.1) is 0 Å². The third-order valence-electron chi connectivity index (χ3n) is 4.36. The Balaban J connectivity index is 2.37. The highest BCUT2D eigenvalue weighted by atomic mass is 16.7. The molecule has 2 unspecified atom stereocenters. The number of nitrogens with two attached hydrogens (primary N) is 1. The smallest absolute Gasteiger partial charge is 0.186 e. The molecular formula is C15H23NO4. The van der Waals surface area contributed by atoms with E-state index in [2.05, 4.69) is 0 Å². The lowest BCUT2D eigenvalue weighted by Gasteiger charge is -2.49. The van der Waals surface area contributed by atoms with Gasteiger partial charge in [0, 0.05) is 20.8 Å². The first-order valence-corrected chi connectivity index (χ1v) is 6.69. The Morgan fingerprint density at radius 1 is 1.40 bits per heavy atom. The van der Waals surface area contributed by atoms with E-state index in [0.717, 1.165) is 11.3 Å². The SMILES string of the molecule is COC(OC)C(C)(O)C1(CN)COc2ccccc2C1. The average Bonchev–Trinajstić information content (AvgIpc) is 2.47. The molecule has 0 spiro atoms. The van der Waals surface area contributed by atoms with Crippen LogP contribution in [0.15, 0.2) is 24.3 Å². The van der Waals surface area contributed by atoms with E-state index in [1.54, 1.807) is 6.92 Å². The summed E-state index contributed by atoms with van der Waals surface area (Å²) in [6.07, 6.45) is -0.143. The van der Waals surface area contributed by atoms with Crippen LogP contribution in [0.1, 0.15) is 12.5 Å². The summed E-state index contributed by atoms with van der Waals surface area (Å²) in [4.78, 5) is 0. The van der Waals surface area contributed by atoms with Gasteiger partial charge in [-0.25, -0.2) is 0 Å². The highest BCUT2D eigenvalue weighted by molar-refractivity contribution is 5.37. The van der Waals surface area contributed by atoms with Crippen LogP contribution in [0.3, 0.4) is 0 Å². The number of para-hydroxylation sites is 1. The molecule has 0 aromatic heterocycles. The fraction of sp³-hybridized carbons (Fsp3) is 0.600. The number of aliphatic hydroxyl groups is 1. The zero-order chi connectivity index (χ0) is 14.8. The Hall–Kier alpha value is -1.14. The van der Waals surface area contributed by atoms with Gasteiger partial charge in [-0.3, -0.25) is 0 Å². The van der Waals surface area contributed by atoms with Crippen LogP contribution in [0.25, 0.3) is 0 Å². The number of hydrogen-bond acceptors (Lipinski definition) is 5. The average molecular weight is 281 g/mol. The minimum absolute atomic E-state index is 0.275. The van der Waals surface area contributed by atoms with Gasteiger partial charge >= 0.3 is 0 Å². The first kappa shape index (κ1) is 15.3. The molecule has 5 heteroatoms. The molecule has 2 rings (SSSR count). The van der Waals surface area contributed by atoms with Crippen LogP contribution >= 0.6 is 0 Å². The van der Waals surface area contributed by atoms with Crippen LogP contribution in [0.5, 0.6) is 5.75 Å². The van der Waals surface area contributed by atoms with E-state index in [0.29, 0.717) is 13.0 Å². The minimum atomic E-state index is -1.27. The van der Waals surface area contributed by atoms with Gasteiger partial charge in [0.2, 0.25) is 0 Å². The summed E-state index contributed by atoms with van der Waals surface area (Å²) in [5.41, 5.74) is 5.10. The molecule has 5 nitrogen and oxygen atoms in total. The van der Waals surface area contributed by atoms with Crippen LogP contribution in [-0.4, -0.2) is 44.4 Å². The zero-order valence-corrected chi connectivity index (χ0v) is 12.3. The maximum atomic E-state index is 11.0. The highest BCUT2D eigenvalue weighted by Crippen LogP contribution is 2.43. The fourth-order valence-corrected chi connectivity index (χ4v) is 2.89. The number of benzene rings is 1. The van der Waals surface area contributed by atoms with Crippen molar-refractivity contribution in [2.24, 2.45) is 11.1 Å². The summed E-state index contributed by atoms with van der Waals surface area (Å²) in [6, 6.07) is 7.80. The van der Waals surface area contributed by atoms with Crippen molar-refractivity contribution in [2.45, 2.75) is 25.2 Å². The van der Waals surface area contributed by atoms with Crippen molar-refractivity contribution in [1.82, 2.24) is 0 Å². The van der Waals surface area contributed by atoms with Crippen LogP contribution < -0.4 is 10.5 Å². The van der Waals surface area contributed by atoms with E-state index in [1.165, 1.54) is 14.2 Å². The predicted octanol–water partition coefficient (Wildman–Crippen LogP) is 0.936. The van der Waals surface area contributed by atoms with E-state index in [4.69, 9.17) is 19.9 Å². The molecule has 0 saturated heterocycles. The first-order valence-electron chi connectivity index (χ1n) is 6.69. The largest absolute Gasteiger partial charge is 0.493 e. The third-order valence-corrected chi connectivity index (χ3v) is 4.36. The van der Waals surface area contributed by atoms with Crippen molar-refractivity contribution in [3.63, 3.8) is 0 Å². The van der Waals surface area contributed by atoms with Crippen LogP contribution in [0.2, 0.25) is 0 Å². The molecule has 1 heterocycles. The predicted molar refractivity (Wildman–Crippen MR) is 75.6 cm³/mol. The maximum absolute atomic E-state index is 11.0. The molecule has 1 aromatic rings. The van der Waals surface area contributed by atoms with Gasteiger partial charge in [0.05, 0.1) is 12.0 Å². The standard InChI is InChI=1S/C15H23NO4/c1-14(17,13(18-2)19-3)15(9-16)8-11-6-4-5-7-12(11)20-10-15/h4-7,13,17H,8-10,16H2,1-3H3. The summed E-state index contributed by atoms with van der Waals surface area (Å²) >= 11 is 0. The molecule has 112 valence electrons. The monoisotopic (exact) mass is 281 g/mol. The van der Waals surface area contributed by atoms with E-state index < -0.39 is 17.3 Å². The first-order chi connectivity index (χ1) is 9.50. The van der Waals surface area contributed by atoms with Gasteiger partial charge in [-0.1, -0.05) is 18.2 Å². The third kappa shape index (κ3) is 2.31. The molecule has 3 N–H and O–H groups in total. The van der Waals surface area contributed by atoms with Crippen molar-refractivity contribution in [3.8, 4) is 5.75 Å². The number of ether oxygens (including phenoxy) is 3. The van der Waals surface area contributed by atoms with E-state index >= 15 is 0 Å². The molecule has 0 saturated carbocycles. The Bertz CT molecular complexity index is 459. The molecule has 2 atom stereocenters. The number of methoxy groups -OCH3 is 2. The van der Waals surface area contributed by atoms with Gasteiger partial charge in [-0.05, 0) is 25.0 Å². The second kappa shape index (κ2) is 5.69. The fourth-order valence-electron chi connectivity index (χ4n) is 2.89. The molecule has 0 fully saturated rings. The topological polar surface area (TPSA) is 73.9 Å². The lowest BCUT2D eigenvalue weighted by Crippen LogP contribution is -2.63. The summed E-state index contributed by atoms with van der Waals surface area (Å²) in [6.45, 7) is 2.29. The second-order valence-electron chi connectivity index (χ2n) is 5.51. The zero-order valence-electron chi connectivity index (χ0n) is 12.3. The van der Waals surface area contributed by atoms with Crippen molar-refractivity contribution < 1.29 is 19.3 Å². The molecule has 0 aliphatic carbocycles. The molecular weight excluding hydrogens is 258 g/mol. The maximum Gasteiger partial charge on any atom is 0.186 e. The summed E-state index contributed by atoms with van der Waals surface area (Å²) in [5.74, 6) is 0.846. The molecule has 1 aromatic carbocycles. The normalized spacial score (nSPS) is 24.9. The van der Waals surface area contributed by atoms with Crippen molar-refractivity contribution in [3.05, 3.63) is 29.8 Å². The van der Waals surface area contributed by atoms with Gasteiger partial charge in [0.15, 0.2) is 6.29 Å². The molecule has 0 bridgehead atoms. The van der Waals surface area contributed by atoms with Gasteiger partial charge in [-0.2, -0.15) is 0 Å². The van der Waals surface area contributed by atoms with Gasteiger partial charge in [0.25, 0.3) is 0 Å². The molecule has 0 radical (unpaired) electrons. The summed E-state index contributed by atoms with van der Waals surface area (Å²) < 4.78 is 16.3. The quantitative estimate of drug-likeness (QED) is 0.786.